The number of amides is 4. The molecule has 0 spiro atoms. The Bertz CT molecular complexity index is 2170. The second-order valence-electron chi connectivity index (χ2n) is 16.7. The molecule has 2 aliphatic heterocycles. The maximum absolute atomic E-state index is 14.9. The number of aromatic nitrogens is 1. The van der Waals surface area contributed by atoms with E-state index in [-0.39, 0.29) is 61.6 Å². The number of methoxy groups -OCH3 is 1. The van der Waals surface area contributed by atoms with E-state index in [1.165, 1.54) is 19.4 Å². The van der Waals surface area contributed by atoms with E-state index in [4.69, 9.17) is 14.2 Å². The van der Waals surface area contributed by atoms with Gasteiger partial charge in [0, 0.05) is 23.9 Å². The number of alkyl halides is 5. The van der Waals surface area contributed by atoms with Crippen molar-refractivity contribution in [2.75, 3.05) is 13.7 Å². The van der Waals surface area contributed by atoms with Crippen molar-refractivity contribution in [1.29, 1.82) is 0 Å². The molecule has 21 heteroatoms. The number of nitrogens with one attached hydrogen (secondary N) is 3. The molecular formula is C39H47F6N5O9S. The molecule has 7 atom stereocenters. The van der Waals surface area contributed by atoms with Gasteiger partial charge in [-0.1, -0.05) is 26.0 Å². The largest absolute Gasteiger partial charge is 0.494 e. The van der Waals surface area contributed by atoms with Crippen molar-refractivity contribution in [2.24, 2.45) is 17.8 Å². The first kappa shape index (κ1) is 44.7. The van der Waals surface area contributed by atoms with Gasteiger partial charge in [-0.15, -0.1) is 0 Å². The van der Waals surface area contributed by atoms with Gasteiger partial charge in [0.2, 0.25) is 33.3 Å². The molecule has 0 bridgehead atoms. The van der Waals surface area contributed by atoms with Crippen LogP contribution in [0.25, 0.3) is 10.8 Å². The normalized spacial score (nSPS) is 28.4. The Labute approximate surface area is 342 Å². The van der Waals surface area contributed by atoms with Crippen LogP contribution in [0.15, 0.2) is 36.5 Å². The number of sulfonamides is 1. The van der Waals surface area contributed by atoms with E-state index < -0.39 is 98.2 Å². The van der Waals surface area contributed by atoms with Crippen LogP contribution in [0.2, 0.25) is 0 Å². The number of carbonyl (C=O) groups excluding carboxylic acids is 4. The van der Waals surface area contributed by atoms with E-state index >= 15 is 0 Å². The van der Waals surface area contributed by atoms with Crippen molar-refractivity contribution in [3.05, 3.63) is 42.4 Å². The number of ether oxygens (including phenoxy) is 3. The third kappa shape index (κ3) is 8.68. The summed E-state index contributed by atoms with van der Waals surface area (Å²) in [5.41, 5.74) is -4.89. The summed E-state index contributed by atoms with van der Waals surface area (Å²) >= 11 is 0. The summed E-state index contributed by atoms with van der Waals surface area (Å²) in [7, 11) is -3.63. The van der Waals surface area contributed by atoms with Crippen molar-refractivity contribution in [3.63, 3.8) is 0 Å². The molecule has 7 unspecified atom stereocenters. The molecule has 2 aliphatic carbocycles. The highest BCUT2D eigenvalue weighted by atomic mass is 32.2. The fraction of sp³-hybridized carbons (Fsp3) is 0.615. The second kappa shape index (κ2) is 16.2. The molecule has 4 amide bonds. The first-order chi connectivity index (χ1) is 27.9. The van der Waals surface area contributed by atoms with Crippen LogP contribution in [0.1, 0.15) is 72.6 Å². The molecule has 1 saturated heterocycles. The number of hydrogen-bond donors (Lipinski definition) is 3. The second-order valence-corrected chi connectivity index (χ2v) is 18.7. The van der Waals surface area contributed by atoms with Crippen LogP contribution in [-0.4, -0.2) is 102 Å². The van der Waals surface area contributed by atoms with Gasteiger partial charge in [-0.2, -0.15) is 13.2 Å². The Morgan fingerprint density at radius 2 is 1.80 bits per heavy atom. The number of benzene rings is 1. The zero-order valence-corrected chi connectivity index (χ0v) is 34.2. The maximum atomic E-state index is 14.9. The van der Waals surface area contributed by atoms with E-state index in [0.717, 1.165) is 11.0 Å². The fourth-order valence-corrected chi connectivity index (χ4v) is 9.36. The lowest BCUT2D eigenvalue weighted by Crippen LogP contribution is -2.60. The van der Waals surface area contributed by atoms with Gasteiger partial charge in [-0.3, -0.25) is 19.1 Å². The lowest BCUT2D eigenvalue weighted by Gasteiger charge is -2.34. The van der Waals surface area contributed by atoms with E-state index in [9.17, 15) is 53.9 Å². The van der Waals surface area contributed by atoms with Gasteiger partial charge in [-0.05, 0) is 87.8 Å². The molecule has 3 N–H and O–H groups in total. The number of hydrogen-bond acceptors (Lipinski definition) is 10. The number of rotatable bonds is 9. The molecule has 2 saturated carbocycles. The average molecular weight is 876 g/mol. The topological polar surface area (TPSA) is 182 Å². The summed E-state index contributed by atoms with van der Waals surface area (Å²) in [6.07, 6.45) is -6.17. The summed E-state index contributed by atoms with van der Waals surface area (Å²) in [5.74, 6) is -5.71. The van der Waals surface area contributed by atoms with Crippen LogP contribution in [-0.2, 0) is 29.1 Å². The summed E-state index contributed by atoms with van der Waals surface area (Å²) in [6, 6.07) is 1.02. The molecule has 3 heterocycles. The molecule has 4 aliphatic rings. The standard InChI is InChI=1S/C39H47F6N5O9S/c1-20-8-6-7-9-23-18-38(23,34(53)49-60(55,56)37(11-12-37)33(41)42)48-30(51)27-16-24(58-31-25-17-26(40)28(57-5)15-22(25)10-13-46-31)19-50(27)32(52)29(21(2)14-20)47-35(54)59-36(3,4)39(43,44)45/h7,9-10,13,15,17,20-21,23-24,27,29,33H,6,8,11-12,14,16,18-19H2,1-5H3,(H,47,54)(H,48,51)(H,49,53). The minimum atomic E-state index is -4.98. The predicted molar refractivity (Wildman–Crippen MR) is 202 cm³/mol. The van der Waals surface area contributed by atoms with Gasteiger partial charge < -0.3 is 29.7 Å². The molecule has 1 aromatic heterocycles. The van der Waals surface area contributed by atoms with Crippen molar-refractivity contribution >= 4 is 44.6 Å². The number of nitrogens with zero attached hydrogens (tertiary/aromatic N) is 2. The lowest BCUT2D eigenvalue weighted by molar-refractivity contribution is -0.244. The van der Waals surface area contributed by atoms with E-state index in [1.54, 1.807) is 29.9 Å². The van der Waals surface area contributed by atoms with Gasteiger partial charge >= 0.3 is 12.3 Å². The van der Waals surface area contributed by atoms with Crippen molar-refractivity contribution in [3.8, 4) is 11.6 Å². The highest BCUT2D eigenvalue weighted by Gasteiger charge is 2.66. The number of alkyl carbamates (subject to hydrolysis) is 1. The van der Waals surface area contributed by atoms with Crippen LogP contribution < -0.4 is 24.8 Å². The number of pyridine rings is 1. The number of carbonyl (C=O) groups is 4. The number of halogens is 6. The van der Waals surface area contributed by atoms with E-state index in [2.05, 4.69) is 15.6 Å². The van der Waals surface area contributed by atoms with Gasteiger partial charge in [0.05, 0.1) is 13.7 Å². The molecule has 0 radical (unpaired) electrons. The first-order valence-electron chi connectivity index (χ1n) is 19.4. The quantitative estimate of drug-likeness (QED) is 0.221. The van der Waals surface area contributed by atoms with Crippen molar-refractivity contribution < 1.29 is 68.1 Å². The molecule has 14 nitrogen and oxygen atoms in total. The van der Waals surface area contributed by atoms with Crippen LogP contribution in [0.4, 0.5) is 31.1 Å². The van der Waals surface area contributed by atoms with Gasteiger partial charge in [-0.25, -0.2) is 31.4 Å². The van der Waals surface area contributed by atoms with E-state index in [0.29, 0.717) is 32.1 Å². The van der Waals surface area contributed by atoms with Gasteiger partial charge in [0.1, 0.15) is 23.7 Å². The summed E-state index contributed by atoms with van der Waals surface area (Å²) < 4.78 is 125. The molecule has 1 aromatic carbocycles. The van der Waals surface area contributed by atoms with Crippen LogP contribution in [0.3, 0.4) is 0 Å². The fourth-order valence-electron chi connectivity index (χ4n) is 7.86. The Hall–Kier alpha value is -4.82. The van der Waals surface area contributed by atoms with Crippen molar-refractivity contribution in [1.82, 2.24) is 25.2 Å². The third-order valence-electron chi connectivity index (χ3n) is 11.9. The Balaban J connectivity index is 1.36. The molecule has 2 aromatic rings. The smallest absolute Gasteiger partial charge is 0.427 e. The Morgan fingerprint density at radius 1 is 1.10 bits per heavy atom. The SMILES string of the molecule is COc1cc2ccnc(OC3CC4C(=O)NC5(C(=O)NS(=O)(=O)C6(C(F)F)CC6)CC5C=CCCC(C)CC(C)C(NC(=O)OC(C)(C)C(F)(F)F)C(=O)N4C3)c2cc1F. The maximum Gasteiger partial charge on any atom is 0.427 e. The minimum absolute atomic E-state index is 0.0617. The monoisotopic (exact) mass is 875 g/mol. The van der Waals surface area contributed by atoms with Gasteiger partial charge in [0.25, 0.3) is 12.3 Å². The first-order valence-corrected chi connectivity index (χ1v) is 20.9. The lowest BCUT2D eigenvalue weighted by atomic mass is 9.88. The molecule has 330 valence electrons. The summed E-state index contributed by atoms with van der Waals surface area (Å²) in [5, 5.41) is 5.55. The average Bonchev–Trinajstić information content (AvgIpc) is 4.06. The molecule has 6 rings (SSSR count). The highest BCUT2D eigenvalue weighted by Crippen LogP contribution is 2.50. The van der Waals surface area contributed by atoms with E-state index in [1.807, 2.05) is 6.92 Å². The van der Waals surface area contributed by atoms with Crippen LogP contribution in [0, 0.1) is 23.6 Å². The molecule has 3 fully saturated rings. The number of fused-ring (bicyclic) bond motifs is 3. The minimum Gasteiger partial charge on any atom is -0.494 e. The predicted octanol–water partition coefficient (Wildman–Crippen LogP) is 5.30. The van der Waals surface area contributed by atoms with Crippen LogP contribution in [0.5, 0.6) is 11.6 Å². The highest BCUT2D eigenvalue weighted by molar-refractivity contribution is 7.91. The number of allylic oxidation sites excluding steroid dienone is 1. The Morgan fingerprint density at radius 3 is 2.43 bits per heavy atom. The van der Waals surface area contributed by atoms with Crippen LogP contribution >= 0.6 is 0 Å². The zero-order chi connectivity index (χ0) is 44.2. The molecule has 60 heavy (non-hydrogen) atoms. The van der Waals surface area contributed by atoms with Crippen molar-refractivity contribution in [2.45, 2.75) is 119 Å². The zero-order valence-electron chi connectivity index (χ0n) is 33.4. The summed E-state index contributed by atoms with van der Waals surface area (Å²) in [4.78, 5) is 61.4. The Kier molecular flexibility index (Phi) is 12.1. The molecular weight excluding hydrogens is 829 g/mol. The summed E-state index contributed by atoms with van der Waals surface area (Å²) in [6.45, 7) is 4.34. The van der Waals surface area contributed by atoms with Gasteiger partial charge in [0.15, 0.2) is 16.3 Å². The third-order valence-corrected chi connectivity index (χ3v) is 14.0.